The Kier molecular flexibility index (Phi) is 5.47. The third-order valence-electron chi connectivity index (χ3n) is 5.09. The molecule has 1 unspecified atom stereocenters. The molecule has 2 aromatic carbocycles. The monoisotopic (exact) mass is 450 g/mol. The van der Waals surface area contributed by atoms with Gasteiger partial charge in [0.05, 0.1) is 6.61 Å². The Morgan fingerprint density at radius 1 is 1.00 bits per heavy atom. The molecular weight excluding hydrogens is 429 g/mol. The number of rotatable bonds is 5. The summed E-state index contributed by atoms with van der Waals surface area (Å²) in [6.45, 7) is 0.622. The highest BCUT2D eigenvalue weighted by Gasteiger charge is 2.52. The Hall–Kier alpha value is -1.49. The second-order valence-corrected chi connectivity index (χ2v) is 11.9. The van der Waals surface area contributed by atoms with Crippen LogP contribution >= 0.6 is 10.3 Å². The molecule has 0 saturated carbocycles. The highest BCUT2D eigenvalue weighted by molar-refractivity contribution is 8.33. The van der Waals surface area contributed by atoms with Crippen molar-refractivity contribution in [2.45, 2.75) is 42.4 Å². The van der Waals surface area contributed by atoms with Gasteiger partial charge in [-0.05, 0) is 36.8 Å². The van der Waals surface area contributed by atoms with Gasteiger partial charge in [-0.2, -0.15) is 21.6 Å². The zero-order valence-electron chi connectivity index (χ0n) is 15.5. The first kappa shape index (κ1) is 20.8. The number of ether oxygens (including phenoxy) is 2. The highest BCUT2D eigenvalue weighted by Crippen LogP contribution is 2.65. The first-order valence-corrected chi connectivity index (χ1v) is 12.6. The molecule has 0 amide bonds. The first-order chi connectivity index (χ1) is 13.7. The molecule has 0 aliphatic carbocycles. The van der Waals surface area contributed by atoms with Gasteiger partial charge < -0.3 is 9.47 Å². The Labute approximate surface area is 168 Å². The summed E-state index contributed by atoms with van der Waals surface area (Å²) in [4.78, 5) is 0.512. The summed E-state index contributed by atoms with van der Waals surface area (Å²) >= 11 is 0. The van der Waals surface area contributed by atoms with Crippen LogP contribution in [-0.4, -0.2) is 38.3 Å². The molecule has 2 aliphatic rings. The van der Waals surface area contributed by atoms with Gasteiger partial charge in [0.2, 0.25) is 0 Å². The largest absolute Gasteiger partial charge is 0.523 e. The van der Waals surface area contributed by atoms with E-state index >= 15 is 0 Å². The minimum atomic E-state index is -5.70. The maximum Gasteiger partial charge on any atom is 0.523 e. The molecule has 2 saturated heterocycles. The summed E-state index contributed by atoms with van der Waals surface area (Å²) in [5.41, 5.74) is -5.45. The van der Waals surface area contributed by atoms with Crippen molar-refractivity contribution in [3.63, 3.8) is 0 Å². The molecule has 2 aliphatic heterocycles. The number of hydrogen-bond acceptors (Lipinski definition) is 5. The molecule has 2 heterocycles. The summed E-state index contributed by atoms with van der Waals surface area (Å²) in [7, 11) is -8.35. The van der Waals surface area contributed by atoms with E-state index in [1.807, 2.05) is 6.07 Å². The molecule has 0 aromatic heterocycles. The number of fused-ring (bicyclic) bond motifs is 1. The molecule has 2 fully saturated rings. The van der Waals surface area contributed by atoms with Gasteiger partial charge in [0.1, 0.15) is 5.75 Å². The molecule has 160 valence electrons. The third kappa shape index (κ3) is 3.95. The van der Waals surface area contributed by atoms with Crippen LogP contribution in [0, 0.1) is 0 Å². The molecule has 5 nitrogen and oxygen atoms in total. The van der Waals surface area contributed by atoms with Crippen LogP contribution in [0.15, 0.2) is 41.3 Å². The van der Waals surface area contributed by atoms with Crippen LogP contribution in [-0.2, 0) is 18.5 Å². The standard InChI is InChI=1S/C19H21F3O5S2/c20-19(21,22)29(23,24)27-28(12-3-4-13-28)17-10-9-16(26-18-8-5-11-25-18)14-6-1-2-7-15(14)17/h1-2,6-7,9-10,18H,3-5,8,11-13H2. The quantitative estimate of drug-likeness (QED) is 0.594. The van der Waals surface area contributed by atoms with Gasteiger partial charge in [-0.25, -0.2) is 3.63 Å². The molecular formula is C19H21F3O5S2. The fraction of sp³-hybridized carbons (Fsp3) is 0.474. The summed E-state index contributed by atoms with van der Waals surface area (Å²) < 4.78 is 79.3. The lowest BCUT2D eigenvalue weighted by Crippen LogP contribution is -2.27. The Bertz CT molecular complexity index is 995. The molecule has 10 heteroatoms. The molecule has 0 spiro atoms. The Morgan fingerprint density at radius 3 is 2.31 bits per heavy atom. The Balaban J connectivity index is 1.79. The zero-order valence-corrected chi connectivity index (χ0v) is 17.1. The summed E-state index contributed by atoms with van der Waals surface area (Å²) in [6, 6.07) is 10.5. The number of hydrogen-bond donors (Lipinski definition) is 0. The predicted molar refractivity (Wildman–Crippen MR) is 104 cm³/mol. The van der Waals surface area contributed by atoms with E-state index in [1.54, 1.807) is 30.3 Å². The molecule has 0 N–H and O–H groups in total. The molecule has 4 rings (SSSR count). The van der Waals surface area contributed by atoms with Crippen molar-refractivity contribution >= 4 is 31.2 Å². The van der Waals surface area contributed by atoms with Gasteiger partial charge in [0.15, 0.2) is 6.29 Å². The van der Waals surface area contributed by atoms with Crippen molar-refractivity contribution in [1.82, 2.24) is 0 Å². The van der Waals surface area contributed by atoms with E-state index in [4.69, 9.17) is 13.1 Å². The lowest BCUT2D eigenvalue weighted by Gasteiger charge is -2.35. The zero-order chi connectivity index (χ0) is 20.7. The average Bonchev–Trinajstić information content (AvgIpc) is 3.33. The summed E-state index contributed by atoms with van der Waals surface area (Å²) in [5.74, 6) is 1.11. The van der Waals surface area contributed by atoms with Crippen LogP contribution in [0.5, 0.6) is 5.75 Å². The lowest BCUT2D eigenvalue weighted by molar-refractivity contribution is -0.0496. The van der Waals surface area contributed by atoms with Crippen molar-refractivity contribution < 1.29 is 34.7 Å². The first-order valence-electron chi connectivity index (χ1n) is 9.33. The van der Waals surface area contributed by atoms with Gasteiger partial charge in [0, 0.05) is 28.2 Å². The molecule has 2 aromatic rings. The van der Waals surface area contributed by atoms with E-state index in [1.165, 1.54) is 0 Å². The Morgan fingerprint density at radius 2 is 1.69 bits per heavy atom. The molecule has 1 atom stereocenters. The van der Waals surface area contributed by atoms with Gasteiger partial charge >= 0.3 is 15.6 Å². The fourth-order valence-electron chi connectivity index (χ4n) is 3.76. The van der Waals surface area contributed by atoms with Gasteiger partial charge in [-0.3, -0.25) is 0 Å². The van der Waals surface area contributed by atoms with Crippen LogP contribution in [0.2, 0.25) is 0 Å². The molecule has 29 heavy (non-hydrogen) atoms. The van der Waals surface area contributed by atoms with Crippen LogP contribution in [0.25, 0.3) is 10.8 Å². The van der Waals surface area contributed by atoms with Crippen LogP contribution in [0.1, 0.15) is 25.7 Å². The summed E-state index contributed by atoms with van der Waals surface area (Å²) in [5, 5.41) is 1.35. The van der Waals surface area contributed by atoms with Crippen molar-refractivity contribution in [3.05, 3.63) is 36.4 Å². The van der Waals surface area contributed by atoms with E-state index in [9.17, 15) is 21.6 Å². The van der Waals surface area contributed by atoms with E-state index < -0.39 is 25.9 Å². The van der Waals surface area contributed by atoms with Gasteiger partial charge in [-0.1, -0.05) is 34.6 Å². The number of benzene rings is 2. The second-order valence-electron chi connectivity index (χ2n) is 7.06. The maximum atomic E-state index is 13.0. The van der Waals surface area contributed by atoms with Crippen LogP contribution < -0.4 is 4.74 Å². The van der Waals surface area contributed by atoms with E-state index in [2.05, 4.69) is 0 Å². The second kappa shape index (κ2) is 7.64. The number of alkyl halides is 3. The van der Waals surface area contributed by atoms with Crippen molar-refractivity contribution in [2.24, 2.45) is 0 Å². The maximum absolute atomic E-state index is 13.0. The molecule has 0 bridgehead atoms. The normalized spacial score (nSPS) is 23.3. The number of halogens is 3. The SMILES string of the molecule is O=S(=O)(OS1(c2ccc(OC3CCCO3)c3ccccc23)CCCC1)C(F)(F)F. The highest BCUT2D eigenvalue weighted by atomic mass is 32.3. The van der Waals surface area contributed by atoms with Crippen LogP contribution in [0.4, 0.5) is 13.2 Å². The predicted octanol–water partition coefficient (Wildman–Crippen LogP) is 5.09. The van der Waals surface area contributed by atoms with Crippen molar-refractivity contribution in [1.29, 1.82) is 0 Å². The minimum absolute atomic E-state index is 0.276. The molecule has 0 radical (unpaired) electrons. The van der Waals surface area contributed by atoms with Gasteiger partial charge in [-0.15, -0.1) is 0 Å². The van der Waals surface area contributed by atoms with Crippen LogP contribution in [0.3, 0.4) is 0 Å². The van der Waals surface area contributed by atoms with E-state index in [0.29, 0.717) is 40.9 Å². The van der Waals surface area contributed by atoms with E-state index in [0.717, 1.165) is 12.8 Å². The van der Waals surface area contributed by atoms with Crippen molar-refractivity contribution in [3.8, 4) is 5.75 Å². The topological polar surface area (TPSA) is 61.8 Å². The third-order valence-corrected chi connectivity index (χ3v) is 10.5. The fourth-order valence-corrected chi connectivity index (χ4v) is 9.16. The smallest absolute Gasteiger partial charge is 0.464 e. The van der Waals surface area contributed by atoms with E-state index in [-0.39, 0.29) is 17.8 Å². The average molecular weight is 451 g/mol. The van der Waals surface area contributed by atoms with Gasteiger partial charge in [0.25, 0.3) is 0 Å². The lowest BCUT2D eigenvalue weighted by atomic mass is 10.1. The minimum Gasteiger partial charge on any atom is -0.464 e. The van der Waals surface area contributed by atoms with Crippen molar-refractivity contribution in [2.75, 3.05) is 18.1 Å². The summed E-state index contributed by atoms with van der Waals surface area (Å²) in [6.07, 6.45) is 2.53.